The molecule has 0 radical (unpaired) electrons. The molecule has 0 atom stereocenters. The van der Waals surface area contributed by atoms with Crippen LogP contribution in [0.2, 0.25) is 0 Å². The second kappa shape index (κ2) is 9.36. The molecule has 2 aromatic carbocycles. The second-order valence-corrected chi connectivity index (χ2v) is 8.68. The summed E-state index contributed by atoms with van der Waals surface area (Å²) in [5, 5.41) is 8.92. The van der Waals surface area contributed by atoms with E-state index in [2.05, 4.69) is 19.9 Å². The Hall–Kier alpha value is -3.95. The average Bonchev–Trinajstić information content (AvgIpc) is 3.23. The molecule has 180 valence electrons. The summed E-state index contributed by atoms with van der Waals surface area (Å²) >= 11 is 0. The lowest BCUT2D eigenvalue weighted by Crippen LogP contribution is -2.25. The number of carboxylic acid groups (broad SMARTS) is 1. The summed E-state index contributed by atoms with van der Waals surface area (Å²) < 4.78 is 47.6. The number of hydrogen-bond acceptors (Lipinski definition) is 5. The van der Waals surface area contributed by atoms with Gasteiger partial charge in [-0.15, -0.1) is 0 Å². The fourth-order valence-electron chi connectivity index (χ4n) is 4.40. The zero-order valence-corrected chi connectivity index (χ0v) is 18.5. The molecule has 1 aliphatic carbocycles. The van der Waals surface area contributed by atoms with Crippen molar-refractivity contribution in [3.63, 3.8) is 0 Å². The van der Waals surface area contributed by atoms with Gasteiger partial charge in [-0.05, 0) is 49.3 Å². The van der Waals surface area contributed by atoms with Gasteiger partial charge in [-0.25, -0.2) is 28.1 Å². The van der Waals surface area contributed by atoms with E-state index < -0.39 is 23.4 Å². The number of halogens is 3. The van der Waals surface area contributed by atoms with Gasteiger partial charge in [0.25, 0.3) is 0 Å². The van der Waals surface area contributed by atoms with Gasteiger partial charge in [0.1, 0.15) is 17.7 Å². The Balaban J connectivity index is 1.27. The largest absolute Gasteiger partial charge is 0.481 e. The molecule has 1 aliphatic rings. The number of carboxylic acids is 1. The maximum Gasteiger partial charge on any atom is 0.316 e. The highest BCUT2D eigenvalue weighted by atomic mass is 19.2. The maximum atomic E-state index is 14.9. The van der Waals surface area contributed by atoms with E-state index in [0.717, 1.165) is 37.8 Å². The number of hydrogen-bond donors (Lipinski definition) is 2. The van der Waals surface area contributed by atoms with Crippen molar-refractivity contribution in [3.8, 4) is 28.5 Å². The van der Waals surface area contributed by atoms with Crippen molar-refractivity contribution in [3.05, 3.63) is 60.2 Å². The van der Waals surface area contributed by atoms with Gasteiger partial charge < -0.3 is 14.8 Å². The third-order valence-electron chi connectivity index (χ3n) is 6.24. The fourth-order valence-corrected chi connectivity index (χ4v) is 4.40. The molecule has 4 aromatic rings. The van der Waals surface area contributed by atoms with E-state index in [-0.39, 0.29) is 46.9 Å². The van der Waals surface area contributed by atoms with Gasteiger partial charge in [0.2, 0.25) is 0 Å². The van der Waals surface area contributed by atoms with Gasteiger partial charge in [0.05, 0.1) is 16.6 Å². The van der Waals surface area contributed by atoms with Gasteiger partial charge in [0, 0.05) is 36.5 Å². The highest BCUT2D eigenvalue weighted by molar-refractivity contribution is 5.80. The van der Waals surface area contributed by atoms with Crippen molar-refractivity contribution < 1.29 is 27.8 Å². The van der Waals surface area contributed by atoms with Crippen LogP contribution < -0.4 is 4.74 Å². The van der Waals surface area contributed by atoms with Crippen molar-refractivity contribution in [1.29, 1.82) is 0 Å². The number of nitrogens with zero attached hydrogens (tertiary/aromatic N) is 3. The molecular formula is C25H21F3N4O3. The first kappa shape index (κ1) is 22.8. The normalized spacial score (nSPS) is 18.0. The molecule has 0 bridgehead atoms. The monoisotopic (exact) mass is 482 g/mol. The minimum atomic E-state index is -1.02. The summed E-state index contributed by atoms with van der Waals surface area (Å²) in [7, 11) is 0. The summed E-state index contributed by atoms with van der Waals surface area (Å²) in [6.07, 6.45) is 6.27. The number of fused-ring (bicyclic) bond motifs is 1. The Kier molecular flexibility index (Phi) is 6.10. The lowest BCUT2D eigenvalue weighted by Gasteiger charge is -2.27. The molecular weight excluding hydrogens is 461 g/mol. The van der Waals surface area contributed by atoms with Crippen molar-refractivity contribution >= 4 is 17.0 Å². The molecule has 2 heterocycles. The van der Waals surface area contributed by atoms with E-state index in [1.165, 1.54) is 12.1 Å². The Morgan fingerprint density at radius 2 is 1.69 bits per heavy atom. The summed E-state index contributed by atoms with van der Waals surface area (Å²) in [5.41, 5.74) is 1.75. The summed E-state index contributed by atoms with van der Waals surface area (Å²) in [6.45, 7) is 0. The van der Waals surface area contributed by atoms with E-state index in [1.54, 1.807) is 18.5 Å². The SMILES string of the molecule is O=C(O)CC1CCC(Oc2ncc(-c3ccc(-c4nc5cc(F)c(F)cc5[nH]4)c(F)c3)cn2)CC1. The number of aromatic amines is 1. The molecule has 0 amide bonds. The third-order valence-corrected chi connectivity index (χ3v) is 6.24. The van der Waals surface area contributed by atoms with Crippen LogP contribution >= 0.6 is 0 Å². The first-order chi connectivity index (χ1) is 16.9. The fraction of sp³-hybridized carbons (Fsp3) is 0.280. The summed E-state index contributed by atoms with van der Waals surface area (Å²) in [4.78, 5) is 26.3. The molecule has 5 rings (SSSR count). The highest BCUT2D eigenvalue weighted by Crippen LogP contribution is 2.30. The molecule has 0 aliphatic heterocycles. The van der Waals surface area contributed by atoms with Crippen molar-refractivity contribution in [2.24, 2.45) is 5.92 Å². The summed E-state index contributed by atoms with van der Waals surface area (Å²) in [6, 6.07) is 6.67. The maximum absolute atomic E-state index is 14.9. The van der Waals surface area contributed by atoms with Crippen LogP contribution in [0, 0.1) is 23.4 Å². The topological polar surface area (TPSA) is 101 Å². The first-order valence-corrected chi connectivity index (χ1v) is 11.2. The average molecular weight is 482 g/mol. The van der Waals surface area contributed by atoms with Gasteiger partial charge in [-0.1, -0.05) is 6.07 Å². The Morgan fingerprint density at radius 1 is 0.971 bits per heavy atom. The van der Waals surface area contributed by atoms with E-state index in [1.807, 2.05) is 0 Å². The highest BCUT2D eigenvalue weighted by Gasteiger charge is 2.24. The molecule has 7 nitrogen and oxygen atoms in total. The molecule has 2 N–H and O–H groups in total. The Morgan fingerprint density at radius 3 is 2.37 bits per heavy atom. The van der Waals surface area contributed by atoms with E-state index in [0.29, 0.717) is 11.1 Å². The molecule has 1 fully saturated rings. The Labute approximate surface area is 198 Å². The Bertz CT molecular complexity index is 1340. The minimum absolute atomic E-state index is 0.0617. The lowest BCUT2D eigenvalue weighted by molar-refractivity contribution is -0.138. The molecule has 10 heteroatoms. The third kappa shape index (κ3) is 4.96. The zero-order chi connectivity index (χ0) is 24.5. The van der Waals surface area contributed by atoms with Gasteiger partial charge in [0.15, 0.2) is 11.6 Å². The predicted octanol–water partition coefficient (Wildman–Crippen LogP) is 5.52. The summed E-state index contributed by atoms with van der Waals surface area (Å²) in [5.74, 6) is -3.05. The van der Waals surface area contributed by atoms with Gasteiger partial charge in [-0.3, -0.25) is 4.79 Å². The van der Waals surface area contributed by atoms with Crippen LogP contribution in [0.1, 0.15) is 32.1 Å². The second-order valence-electron chi connectivity index (χ2n) is 8.68. The van der Waals surface area contributed by atoms with Gasteiger partial charge in [-0.2, -0.15) is 0 Å². The molecule has 35 heavy (non-hydrogen) atoms. The van der Waals surface area contributed by atoms with E-state index in [9.17, 15) is 18.0 Å². The molecule has 0 unspecified atom stereocenters. The van der Waals surface area contributed by atoms with Crippen LogP contribution in [-0.2, 0) is 4.79 Å². The van der Waals surface area contributed by atoms with Crippen LogP contribution in [0.25, 0.3) is 33.5 Å². The zero-order valence-electron chi connectivity index (χ0n) is 18.5. The number of H-pyrrole nitrogens is 1. The molecule has 2 aromatic heterocycles. The number of benzene rings is 2. The quantitative estimate of drug-likeness (QED) is 0.376. The number of rotatable bonds is 6. The van der Waals surface area contributed by atoms with Crippen molar-refractivity contribution in [2.45, 2.75) is 38.2 Å². The minimum Gasteiger partial charge on any atom is -0.481 e. The van der Waals surface area contributed by atoms with E-state index >= 15 is 0 Å². The number of ether oxygens (including phenoxy) is 1. The number of nitrogens with one attached hydrogen (secondary N) is 1. The molecule has 0 spiro atoms. The van der Waals surface area contributed by atoms with Gasteiger partial charge >= 0.3 is 12.0 Å². The van der Waals surface area contributed by atoms with Crippen LogP contribution in [0.15, 0.2) is 42.7 Å². The first-order valence-electron chi connectivity index (χ1n) is 11.2. The number of aliphatic carboxylic acids is 1. The molecule has 0 saturated heterocycles. The van der Waals surface area contributed by atoms with E-state index in [4.69, 9.17) is 9.84 Å². The number of aromatic nitrogens is 4. The van der Waals surface area contributed by atoms with Crippen molar-refractivity contribution in [2.75, 3.05) is 0 Å². The van der Waals surface area contributed by atoms with Crippen LogP contribution in [0.4, 0.5) is 13.2 Å². The van der Waals surface area contributed by atoms with Crippen LogP contribution in [0.3, 0.4) is 0 Å². The number of imidazole rings is 1. The molecule has 1 saturated carbocycles. The standard InChI is InChI=1S/C25H21F3N4O3/c26-18-8-14(3-6-17(18)24-31-21-9-19(27)20(28)10-22(21)32-24)15-11-29-25(30-12-15)35-16-4-1-13(2-5-16)7-23(33)34/h3,6,8-13,16H,1-2,4-5,7H2,(H,31,32)(H,33,34). The predicted molar refractivity (Wildman–Crippen MR) is 121 cm³/mol. The lowest BCUT2D eigenvalue weighted by atomic mass is 9.85. The van der Waals surface area contributed by atoms with Crippen LogP contribution in [0.5, 0.6) is 6.01 Å². The number of carbonyl (C=O) groups is 1. The van der Waals surface area contributed by atoms with Crippen molar-refractivity contribution in [1.82, 2.24) is 19.9 Å². The van der Waals surface area contributed by atoms with Crippen LogP contribution in [-0.4, -0.2) is 37.1 Å². The smallest absolute Gasteiger partial charge is 0.316 e.